The lowest BCUT2D eigenvalue weighted by Crippen LogP contribution is -2.39. The van der Waals surface area contributed by atoms with Crippen LogP contribution in [0.5, 0.6) is 0 Å². The van der Waals surface area contributed by atoms with Gasteiger partial charge in [-0.2, -0.15) is 16.4 Å². The van der Waals surface area contributed by atoms with Crippen molar-refractivity contribution in [3.63, 3.8) is 0 Å². The minimum absolute atomic E-state index is 0.148. The highest BCUT2D eigenvalue weighted by Gasteiger charge is 2.65. The Bertz CT molecular complexity index is 826. The molecule has 4 nitrogen and oxygen atoms in total. The predicted molar refractivity (Wildman–Crippen MR) is 85.3 cm³/mol. The summed E-state index contributed by atoms with van der Waals surface area (Å²) in [6, 6.07) is 0. The number of carbonyl (C=O) groups is 1. The van der Waals surface area contributed by atoms with Gasteiger partial charge in [0.1, 0.15) is 16.9 Å². The van der Waals surface area contributed by atoms with Crippen LogP contribution in [0.1, 0.15) is 66.2 Å². The summed E-state index contributed by atoms with van der Waals surface area (Å²) >= 11 is 1.60. The molecule has 0 radical (unpaired) electrons. The molecule has 2 aliphatic carbocycles. The number of aryl methyl sites for hydroxylation is 1. The van der Waals surface area contributed by atoms with E-state index in [1.807, 2.05) is 5.38 Å². The summed E-state index contributed by atoms with van der Waals surface area (Å²) in [6.45, 7) is 4.19. The number of ether oxygens (including phenoxy) is 1. The average molecular weight is 352 g/mol. The summed E-state index contributed by atoms with van der Waals surface area (Å²) in [5.74, 6) is -0.374. The number of fused-ring (bicyclic) bond motifs is 5. The van der Waals surface area contributed by atoms with Crippen molar-refractivity contribution in [1.82, 2.24) is 9.78 Å². The van der Waals surface area contributed by atoms with E-state index < -0.39 is 23.7 Å². The topological polar surface area (TPSA) is 44.1 Å². The Balaban J connectivity index is 1.74. The van der Waals surface area contributed by atoms with Crippen molar-refractivity contribution in [2.24, 2.45) is 12.5 Å². The molecule has 2 aliphatic rings. The highest BCUT2D eigenvalue weighted by atomic mass is 32.1. The van der Waals surface area contributed by atoms with Gasteiger partial charge in [-0.1, -0.05) is 13.8 Å². The summed E-state index contributed by atoms with van der Waals surface area (Å²) in [5, 5.41) is 7.85. The third kappa shape index (κ3) is 1.82. The quantitative estimate of drug-likeness (QED) is 0.770. The van der Waals surface area contributed by atoms with Gasteiger partial charge in [0.15, 0.2) is 0 Å². The molecule has 0 N–H and O–H groups in total. The lowest BCUT2D eigenvalue weighted by Gasteiger charge is -2.38. The van der Waals surface area contributed by atoms with E-state index in [2.05, 4.69) is 24.3 Å². The summed E-state index contributed by atoms with van der Waals surface area (Å²) in [5.41, 5.74) is 0.641. The molecule has 0 aromatic carbocycles. The molecule has 0 aliphatic heterocycles. The van der Waals surface area contributed by atoms with Crippen LogP contribution in [0, 0.1) is 5.41 Å². The van der Waals surface area contributed by atoms with Crippen molar-refractivity contribution < 1.29 is 18.3 Å². The van der Waals surface area contributed by atoms with Crippen LogP contribution in [-0.4, -0.2) is 15.7 Å². The Morgan fingerprint density at radius 1 is 1.46 bits per heavy atom. The molecule has 2 heterocycles. The fraction of sp³-hybridized carbons (Fsp3) is 0.529. The Kier molecular flexibility index (Phi) is 3.20. The van der Waals surface area contributed by atoms with Crippen molar-refractivity contribution in [3.05, 3.63) is 39.3 Å². The van der Waals surface area contributed by atoms with Gasteiger partial charge in [-0.05, 0) is 35.1 Å². The molecule has 2 atom stereocenters. The van der Waals surface area contributed by atoms with Crippen LogP contribution < -0.4 is 0 Å². The Morgan fingerprint density at radius 2 is 2.21 bits per heavy atom. The molecule has 2 unspecified atom stereocenters. The maximum absolute atomic E-state index is 13.2. The average Bonchev–Trinajstić information content (AvgIpc) is 3.20. The molecule has 0 saturated heterocycles. The Morgan fingerprint density at radius 3 is 2.92 bits per heavy atom. The first-order valence-corrected chi connectivity index (χ1v) is 8.84. The number of carbonyl (C=O) groups excluding carboxylic acids is 1. The molecule has 1 saturated carbocycles. The van der Waals surface area contributed by atoms with Gasteiger partial charge >= 0.3 is 5.97 Å². The van der Waals surface area contributed by atoms with E-state index in [1.165, 1.54) is 23.5 Å². The number of hydrogen-bond acceptors (Lipinski definition) is 4. The third-order valence-corrected chi connectivity index (χ3v) is 6.51. The second-order valence-electron chi connectivity index (χ2n) is 7.17. The first kappa shape index (κ1) is 15.7. The normalized spacial score (nSPS) is 26.8. The number of thiophene rings is 1. The van der Waals surface area contributed by atoms with Gasteiger partial charge in [-0.25, -0.2) is 13.6 Å². The van der Waals surface area contributed by atoms with Crippen LogP contribution in [0.2, 0.25) is 0 Å². The monoisotopic (exact) mass is 352 g/mol. The van der Waals surface area contributed by atoms with Crippen LogP contribution in [0.3, 0.4) is 0 Å². The molecule has 1 fully saturated rings. The van der Waals surface area contributed by atoms with E-state index in [4.69, 9.17) is 4.74 Å². The molecular formula is C17H18F2N2O2S. The number of esters is 1. The number of halogens is 2. The second-order valence-corrected chi connectivity index (χ2v) is 7.92. The highest BCUT2D eigenvalue weighted by molar-refractivity contribution is 7.08. The number of nitrogens with zero attached hydrogens (tertiary/aromatic N) is 2. The van der Waals surface area contributed by atoms with Crippen molar-refractivity contribution in [2.75, 3.05) is 0 Å². The molecule has 0 spiro atoms. The van der Waals surface area contributed by atoms with E-state index in [-0.39, 0.29) is 11.0 Å². The Labute approximate surface area is 142 Å². The van der Waals surface area contributed by atoms with E-state index in [0.717, 1.165) is 18.4 Å². The number of aromatic nitrogens is 2. The van der Waals surface area contributed by atoms with Gasteiger partial charge in [0.2, 0.25) is 0 Å². The van der Waals surface area contributed by atoms with Crippen molar-refractivity contribution >= 4 is 17.3 Å². The van der Waals surface area contributed by atoms with E-state index in [0.29, 0.717) is 5.92 Å². The summed E-state index contributed by atoms with van der Waals surface area (Å²) in [4.78, 5) is 12.7. The first-order valence-electron chi connectivity index (χ1n) is 7.89. The van der Waals surface area contributed by atoms with Crippen molar-refractivity contribution in [3.8, 4) is 0 Å². The minimum atomic E-state index is -2.81. The SMILES string of the molecule is Cn1cc(C(=O)OC23CCC(c4cscc42)C3(C)C)c(C(F)F)n1. The van der Waals surface area contributed by atoms with E-state index in [1.54, 1.807) is 11.3 Å². The maximum atomic E-state index is 13.2. The zero-order valence-electron chi connectivity index (χ0n) is 13.7. The van der Waals surface area contributed by atoms with Crippen molar-refractivity contribution in [1.29, 1.82) is 0 Å². The zero-order chi connectivity index (χ0) is 17.3. The Hall–Kier alpha value is -1.76. The summed E-state index contributed by atoms with van der Waals surface area (Å²) < 4.78 is 33.5. The van der Waals surface area contributed by atoms with Crippen LogP contribution in [0.15, 0.2) is 17.0 Å². The minimum Gasteiger partial charge on any atom is -0.450 e. The molecule has 2 bridgehead atoms. The van der Waals surface area contributed by atoms with Crippen LogP contribution in [-0.2, 0) is 17.4 Å². The lowest BCUT2D eigenvalue weighted by molar-refractivity contribution is -0.0684. The standard InChI is InChI=1S/C17H18F2N2O2S/c1-16(2)11-4-5-17(16,12-8-24-7-10(11)12)23-15(22)9-6-21(3)20-13(9)14(18)19/h6-8,11,14H,4-5H2,1-3H3. The number of hydrogen-bond donors (Lipinski definition) is 0. The molecule has 2 aromatic heterocycles. The van der Waals surface area contributed by atoms with Gasteiger partial charge in [0, 0.05) is 24.2 Å². The molecular weight excluding hydrogens is 334 g/mol. The largest absolute Gasteiger partial charge is 0.450 e. The smallest absolute Gasteiger partial charge is 0.342 e. The number of alkyl halides is 2. The fourth-order valence-corrected chi connectivity index (χ4v) is 5.49. The predicted octanol–water partition coefficient (Wildman–Crippen LogP) is 4.39. The fourth-order valence-electron chi connectivity index (χ4n) is 4.52. The third-order valence-electron chi connectivity index (χ3n) is 5.75. The van der Waals surface area contributed by atoms with Crippen LogP contribution in [0.4, 0.5) is 8.78 Å². The highest BCUT2D eigenvalue weighted by Crippen LogP contribution is 2.69. The molecule has 0 amide bonds. The van der Waals surface area contributed by atoms with Crippen LogP contribution >= 0.6 is 11.3 Å². The van der Waals surface area contributed by atoms with Gasteiger partial charge in [-0.3, -0.25) is 4.68 Å². The summed E-state index contributed by atoms with van der Waals surface area (Å²) in [6.07, 6.45) is 0.169. The van der Waals surface area contributed by atoms with E-state index in [9.17, 15) is 13.6 Å². The molecule has 7 heteroatoms. The van der Waals surface area contributed by atoms with Gasteiger partial charge < -0.3 is 4.74 Å². The zero-order valence-corrected chi connectivity index (χ0v) is 14.5. The molecule has 24 heavy (non-hydrogen) atoms. The van der Waals surface area contributed by atoms with Crippen LogP contribution in [0.25, 0.3) is 0 Å². The van der Waals surface area contributed by atoms with E-state index >= 15 is 0 Å². The lowest BCUT2D eigenvalue weighted by atomic mass is 9.76. The number of rotatable bonds is 3. The first-order chi connectivity index (χ1) is 11.3. The van der Waals surface area contributed by atoms with Gasteiger partial charge in [0.05, 0.1) is 0 Å². The summed E-state index contributed by atoms with van der Waals surface area (Å²) in [7, 11) is 1.52. The molecule has 2 aromatic rings. The van der Waals surface area contributed by atoms with Gasteiger partial charge in [0.25, 0.3) is 6.43 Å². The second kappa shape index (κ2) is 4.88. The maximum Gasteiger partial charge on any atom is 0.342 e. The molecule has 128 valence electrons. The van der Waals surface area contributed by atoms with Gasteiger partial charge in [-0.15, -0.1) is 0 Å². The van der Waals surface area contributed by atoms with Crippen molar-refractivity contribution in [2.45, 2.75) is 44.6 Å². The molecule has 4 rings (SSSR count).